The highest BCUT2D eigenvalue weighted by Crippen LogP contribution is 2.26. The summed E-state index contributed by atoms with van der Waals surface area (Å²) in [4.78, 5) is -0.288. The van der Waals surface area contributed by atoms with Gasteiger partial charge in [0.15, 0.2) is 0 Å². The van der Waals surface area contributed by atoms with Crippen LogP contribution in [0.2, 0.25) is 5.02 Å². The van der Waals surface area contributed by atoms with E-state index in [-0.39, 0.29) is 9.92 Å². The Morgan fingerprint density at radius 3 is 2.62 bits per heavy atom. The summed E-state index contributed by atoms with van der Waals surface area (Å²) >= 11 is 5.85. The van der Waals surface area contributed by atoms with Crippen LogP contribution in [0, 0.1) is 5.82 Å². The normalized spacial score (nSPS) is 11.4. The summed E-state index contributed by atoms with van der Waals surface area (Å²) in [6.07, 6.45) is 0. The van der Waals surface area contributed by atoms with Crippen molar-refractivity contribution in [1.82, 2.24) is 5.32 Å². The van der Waals surface area contributed by atoms with Crippen molar-refractivity contribution < 1.29 is 12.8 Å². The van der Waals surface area contributed by atoms with Crippen molar-refractivity contribution in [3.63, 3.8) is 0 Å². The molecule has 0 radical (unpaired) electrons. The number of para-hydroxylation sites is 1. The molecule has 0 aliphatic heterocycles. The second-order valence-electron chi connectivity index (χ2n) is 4.37. The molecule has 0 aliphatic carbocycles. The van der Waals surface area contributed by atoms with Crippen LogP contribution in [0.1, 0.15) is 5.56 Å². The van der Waals surface area contributed by atoms with Gasteiger partial charge in [0.1, 0.15) is 10.7 Å². The molecule has 0 saturated heterocycles. The molecule has 4 nitrogen and oxygen atoms in total. The minimum Gasteiger partial charge on any atom is -0.316 e. The van der Waals surface area contributed by atoms with Gasteiger partial charge in [-0.05, 0) is 36.9 Å². The molecule has 2 aromatic rings. The zero-order valence-corrected chi connectivity index (χ0v) is 12.8. The molecule has 0 amide bonds. The SMILES string of the molecule is CNCc1ccccc1NS(=O)(=O)c1cc(F)ccc1Cl. The zero-order valence-electron chi connectivity index (χ0n) is 11.2. The van der Waals surface area contributed by atoms with Gasteiger partial charge >= 0.3 is 0 Å². The summed E-state index contributed by atoms with van der Waals surface area (Å²) < 4.78 is 40.4. The van der Waals surface area contributed by atoms with Gasteiger partial charge in [-0.25, -0.2) is 12.8 Å². The van der Waals surface area contributed by atoms with E-state index in [1.54, 1.807) is 31.3 Å². The topological polar surface area (TPSA) is 58.2 Å². The van der Waals surface area contributed by atoms with Crippen molar-refractivity contribution in [1.29, 1.82) is 0 Å². The predicted molar refractivity (Wildman–Crippen MR) is 81.4 cm³/mol. The van der Waals surface area contributed by atoms with Gasteiger partial charge in [0.05, 0.1) is 10.7 Å². The Hall–Kier alpha value is -1.63. The third-order valence-electron chi connectivity index (χ3n) is 2.81. The monoisotopic (exact) mass is 328 g/mol. The molecule has 0 bridgehead atoms. The maximum Gasteiger partial charge on any atom is 0.263 e. The number of nitrogens with one attached hydrogen (secondary N) is 2. The largest absolute Gasteiger partial charge is 0.316 e. The standard InChI is InChI=1S/C14H14ClFN2O2S/c1-17-9-10-4-2-3-5-13(10)18-21(19,20)14-8-11(16)6-7-12(14)15/h2-8,17-18H,9H2,1H3. The maximum atomic E-state index is 13.3. The van der Waals surface area contributed by atoms with Gasteiger partial charge in [0, 0.05) is 6.54 Å². The van der Waals surface area contributed by atoms with Crippen LogP contribution in [0.15, 0.2) is 47.4 Å². The van der Waals surface area contributed by atoms with E-state index < -0.39 is 15.8 Å². The molecule has 0 aliphatic rings. The first-order valence-corrected chi connectivity index (χ1v) is 8.00. The van der Waals surface area contributed by atoms with Crippen LogP contribution in [0.4, 0.5) is 10.1 Å². The second kappa shape index (κ2) is 6.43. The van der Waals surface area contributed by atoms with Gasteiger partial charge in [-0.2, -0.15) is 0 Å². The van der Waals surface area contributed by atoms with Crippen molar-refractivity contribution in [2.24, 2.45) is 0 Å². The number of rotatable bonds is 5. The lowest BCUT2D eigenvalue weighted by Crippen LogP contribution is -2.16. The van der Waals surface area contributed by atoms with Gasteiger partial charge in [0.25, 0.3) is 10.0 Å². The Labute approximate surface area is 128 Å². The summed E-state index contributed by atoms with van der Waals surface area (Å²) in [7, 11) is -2.20. The molecule has 0 saturated carbocycles. The van der Waals surface area contributed by atoms with Crippen LogP contribution in [0.25, 0.3) is 0 Å². The van der Waals surface area contributed by atoms with Crippen LogP contribution in [0.5, 0.6) is 0 Å². The number of hydrogen-bond donors (Lipinski definition) is 2. The van der Waals surface area contributed by atoms with E-state index in [1.807, 2.05) is 0 Å². The molecule has 0 unspecified atom stereocenters. The third-order valence-corrected chi connectivity index (χ3v) is 4.66. The maximum absolute atomic E-state index is 13.3. The number of halogens is 2. The van der Waals surface area contributed by atoms with Crippen LogP contribution >= 0.6 is 11.6 Å². The summed E-state index contributed by atoms with van der Waals surface area (Å²) in [5, 5.41) is 2.92. The van der Waals surface area contributed by atoms with Gasteiger partial charge in [-0.1, -0.05) is 29.8 Å². The van der Waals surface area contributed by atoms with E-state index >= 15 is 0 Å². The fourth-order valence-electron chi connectivity index (χ4n) is 1.85. The van der Waals surface area contributed by atoms with Crippen molar-refractivity contribution in [2.45, 2.75) is 11.4 Å². The quantitative estimate of drug-likeness (QED) is 0.887. The van der Waals surface area contributed by atoms with E-state index in [0.717, 1.165) is 17.7 Å². The van der Waals surface area contributed by atoms with Gasteiger partial charge in [0.2, 0.25) is 0 Å². The summed E-state index contributed by atoms with van der Waals surface area (Å²) in [5.74, 6) is -0.664. The van der Waals surface area contributed by atoms with Gasteiger partial charge in [-0.15, -0.1) is 0 Å². The molecule has 0 heterocycles. The van der Waals surface area contributed by atoms with Crippen molar-refractivity contribution in [3.8, 4) is 0 Å². The third kappa shape index (κ3) is 3.72. The van der Waals surface area contributed by atoms with Crippen molar-refractivity contribution >= 4 is 27.3 Å². The van der Waals surface area contributed by atoms with Crippen molar-refractivity contribution in [3.05, 3.63) is 58.9 Å². The fourth-order valence-corrected chi connectivity index (χ4v) is 3.46. The van der Waals surface area contributed by atoms with Crippen LogP contribution in [0.3, 0.4) is 0 Å². The molecular formula is C14H14ClFN2O2S. The van der Waals surface area contributed by atoms with E-state index in [4.69, 9.17) is 11.6 Å². The first-order chi connectivity index (χ1) is 9.94. The van der Waals surface area contributed by atoms with Crippen molar-refractivity contribution in [2.75, 3.05) is 11.8 Å². The Morgan fingerprint density at radius 1 is 1.19 bits per heavy atom. The molecule has 2 rings (SSSR count). The molecule has 2 aromatic carbocycles. The summed E-state index contributed by atoms with van der Waals surface area (Å²) in [6.45, 7) is 0.496. The number of hydrogen-bond acceptors (Lipinski definition) is 3. The molecule has 21 heavy (non-hydrogen) atoms. The highest BCUT2D eigenvalue weighted by atomic mass is 35.5. The van der Waals surface area contributed by atoms with Crippen LogP contribution < -0.4 is 10.0 Å². The highest BCUT2D eigenvalue weighted by molar-refractivity contribution is 7.92. The van der Waals surface area contributed by atoms with Crippen LogP contribution in [-0.2, 0) is 16.6 Å². The lowest BCUT2D eigenvalue weighted by molar-refractivity contribution is 0.595. The lowest BCUT2D eigenvalue weighted by Gasteiger charge is -2.13. The average Bonchev–Trinajstić information content (AvgIpc) is 2.43. The lowest BCUT2D eigenvalue weighted by atomic mass is 10.2. The average molecular weight is 329 g/mol. The first kappa shape index (κ1) is 15.8. The first-order valence-electron chi connectivity index (χ1n) is 6.14. The molecule has 0 fully saturated rings. The smallest absolute Gasteiger partial charge is 0.263 e. The zero-order chi connectivity index (χ0) is 15.5. The Balaban J connectivity index is 2.40. The Morgan fingerprint density at radius 2 is 1.90 bits per heavy atom. The van der Waals surface area contributed by atoms with Gasteiger partial charge in [-0.3, -0.25) is 4.72 Å². The molecular weight excluding hydrogens is 315 g/mol. The number of benzene rings is 2. The number of anilines is 1. The molecule has 2 N–H and O–H groups in total. The summed E-state index contributed by atoms with van der Waals surface area (Å²) in [5.41, 5.74) is 1.20. The minimum absolute atomic E-state index is 0.0324. The predicted octanol–water partition coefficient (Wildman–Crippen LogP) is 3.00. The minimum atomic E-state index is -3.96. The second-order valence-corrected chi connectivity index (χ2v) is 6.43. The van der Waals surface area contributed by atoms with E-state index in [0.29, 0.717) is 12.2 Å². The molecule has 7 heteroatoms. The van der Waals surface area contributed by atoms with Crippen LogP contribution in [-0.4, -0.2) is 15.5 Å². The van der Waals surface area contributed by atoms with E-state index in [1.165, 1.54) is 6.07 Å². The summed E-state index contributed by atoms with van der Waals surface area (Å²) in [6, 6.07) is 10.2. The van der Waals surface area contributed by atoms with E-state index in [9.17, 15) is 12.8 Å². The fraction of sp³-hybridized carbons (Fsp3) is 0.143. The molecule has 0 aromatic heterocycles. The highest BCUT2D eigenvalue weighted by Gasteiger charge is 2.20. The van der Waals surface area contributed by atoms with E-state index in [2.05, 4.69) is 10.0 Å². The number of sulfonamides is 1. The Bertz CT molecular complexity index is 750. The molecule has 112 valence electrons. The Kier molecular flexibility index (Phi) is 4.82. The molecule has 0 atom stereocenters. The molecule has 0 spiro atoms. The van der Waals surface area contributed by atoms with Gasteiger partial charge < -0.3 is 5.32 Å².